The van der Waals surface area contributed by atoms with Crippen molar-refractivity contribution in [1.29, 1.82) is 0 Å². The molecule has 243 valence electrons. The van der Waals surface area contributed by atoms with Crippen molar-refractivity contribution in [3.05, 3.63) is 80.0 Å². The van der Waals surface area contributed by atoms with Gasteiger partial charge in [-0.05, 0) is 106 Å². The fraction of sp³-hybridized carbons (Fsp3) is 0.514. The average molecular weight is 650 g/mol. The Hall–Kier alpha value is -2.76. The molecule has 2 aromatic carbocycles. The molecule has 0 bridgehead atoms. The summed E-state index contributed by atoms with van der Waals surface area (Å²) in [4.78, 5) is 30.3. The summed E-state index contributed by atoms with van der Waals surface area (Å²) < 4.78 is 9.89. The van der Waals surface area contributed by atoms with E-state index in [2.05, 4.69) is 80.7 Å². The van der Waals surface area contributed by atoms with Crippen molar-refractivity contribution in [2.75, 3.05) is 20.1 Å². The molecule has 1 aliphatic carbocycles. The second-order valence-electron chi connectivity index (χ2n) is 14.0. The van der Waals surface area contributed by atoms with E-state index in [1.54, 1.807) is 12.1 Å². The Balaban J connectivity index is 1.29. The SMILES string of the molecule is CN(CCCn1c(=O)sc2cc(CNC[C@H](O[Si](C)(C)C(C)(C)C)c3ccc(O)c4[nH]c(=O)ccc34)ccc21)C1CC[CH]CC1. The molecule has 1 atom stereocenters. The van der Waals surface area contributed by atoms with Gasteiger partial charge in [0.05, 0.1) is 21.8 Å². The molecule has 1 radical (unpaired) electrons. The van der Waals surface area contributed by atoms with Gasteiger partial charge in [0.1, 0.15) is 5.75 Å². The lowest BCUT2D eigenvalue weighted by molar-refractivity contribution is 0.181. The van der Waals surface area contributed by atoms with Gasteiger partial charge in [-0.3, -0.25) is 14.2 Å². The van der Waals surface area contributed by atoms with Gasteiger partial charge in [-0.15, -0.1) is 0 Å². The number of rotatable bonds is 12. The summed E-state index contributed by atoms with van der Waals surface area (Å²) in [6.45, 7) is 14.0. The molecule has 3 N–H and O–H groups in total. The second kappa shape index (κ2) is 13.9. The predicted molar refractivity (Wildman–Crippen MR) is 189 cm³/mol. The number of aromatic nitrogens is 2. The van der Waals surface area contributed by atoms with Crippen LogP contribution in [0.15, 0.2) is 52.1 Å². The minimum absolute atomic E-state index is 0.00589. The normalized spacial score (nSPS) is 15.8. The molecule has 8 nitrogen and oxygen atoms in total. The molecule has 5 rings (SSSR count). The second-order valence-corrected chi connectivity index (χ2v) is 19.8. The molecule has 0 amide bonds. The Labute approximate surface area is 271 Å². The van der Waals surface area contributed by atoms with Crippen molar-refractivity contribution >= 4 is 40.8 Å². The van der Waals surface area contributed by atoms with Gasteiger partial charge in [-0.1, -0.05) is 44.2 Å². The van der Waals surface area contributed by atoms with Crippen LogP contribution in [0.2, 0.25) is 18.1 Å². The molecule has 2 aromatic heterocycles. The van der Waals surface area contributed by atoms with Crippen LogP contribution in [0, 0.1) is 6.42 Å². The van der Waals surface area contributed by atoms with Gasteiger partial charge in [0.15, 0.2) is 8.32 Å². The molecule has 2 heterocycles. The van der Waals surface area contributed by atoms with Crippen molar-refractivity contribution in [3.63, 3.8) is 0 Å². The van der Waals surface area contributed by atoms with Crippen LogP contribution in [-0.2, 0) is 17.5 Å². The molecule has 10 heteroatoms. The quantitative estimate of drug-likeness (QED) is 0.144. The first kappa shape index (κ1) is 33.6. The third-order valence-electron chi connectivity index (χ3n) is 9.81. The van der Waals surface area contributed by atoms with Crippen LogP contribution < -0.4 is 15.7 Å². The Morgan fingerprint density at radius 2 is 1.89 bits per heavy atom. The minimum Gasteiger partial charge on any atom is -0.506 e. The lowest BCUT2D eigenvalue weighted by Gasteiger charge is -2.39. The van der Waals surface area contributed by atoms with Gasteiger partial charge in [0.2, 0.25) is 5.56 Å². The summed E-state index contributed by atoms with van der Waals surface area (Å²) in [7, 11) is 0.0439. The highest BCUT2D eigenvalue weighted by molar-refractivity contribution is 7.16. The minimum atomic E-state index is -2.17. The first-order valence-electron chi connectivity index (χ1n) is 16.2. The van der Waals surface area contributed by atoms with E-state index < -0.39 is 8.32 Å². The number of thiazole rings is 1. The number of aryl methyl sites for hydroxylation is 1. The van der Waals surface area contributed by atoms with E-state index in [9.17, 15) is 14.7 Å². The van der Waals surface area contributed by atoms with Crippen LogP contribution in [0.4, 0.5) is 0 Å². The summed E-state index contributed by atoms with van der Waals surface area (Å²) >= 11 is 1.32. The molecule has 1 saturated carbocycles. The number of pyridine rings is 1. The maximum atomic E-state index is 12.9. The van der Waals surface area contributed by atoms with Crippen LogP contribution in [0.3, 0.4) is 0 Å². The van der Waals surface area contributed by atoms with E-state index in [1.807, 2.05) is 10.6 Å². The van der Waals surface area contributed by atoms with Gasteiger partial charge < -0.3 is 24.7 Å². The Bertz CT molecular complexity index is 1730. The van der Waals surface area contributed by atoms with E-state index in [4.69, 9.17) is 4.43 Å². The molecule has 1 fully saturated rings. The monoisotopic (exact) mass is 649 g/mol. The fourth-order valence-corrected chi connectivity index (χ4v) is 8.33. The van der Waals surface area contributed by atoms with Crippen LogP contribution in [0.5, 0.6) is 5.75 Å². The van der Waals surface area contributed by atoms with Crippen molar-refractivity contribution in [1.82, 2.24) is 19.8 Å². The number of fused-ring (bicyclic) bond motifs is 2. The van der Waals surface area contributed by atoms with E-state index in [0.717, 1.165) is 46.2 Å². The zero-order valence-corrected chi connectivity index (χ0v) is 29.4. The molecule has 1 aliphatic rings. The van der Waals surface area contributed by atoms with Crippen molar-refractivity contribution < 1.29 is 9.53 Å². The Kier molecular flexibility index (Phi) is 10.4. The van der Waals surface area contributed by atoms with Crippen LogP contribution in [0.25, 0.3) is 21.1 Å². The van der Waals surface area contributed by atoms with Gasteiger partial charge in [-0.25, -0.2) is 0 Å². The van der Waals surface area contributed by atoms with Crippen LogP contribution >= 0.6 is 11.3 Å². The molecule has 0 spiro atoms. The fourth-order valence-electron chi connectivity index (χ4n) is 6.08. The van der Waals surface area contributed by atoms with E-state index in [-0.39, 0.29) is 27.3 Å². The zero-order valence-electron chi connectivity index (χ0n) is 27.6. The predicted octanol–water partition coefficient (Wildman–Crippen LogP) is 6.93. The topological polar surface area (TPSA) is 99.6 Å². The first-order chi connectivity index (χ1) is 21.3. The number of hydrogen-bond acceptors (Lipinski definition) is 7. The largest absolute Gasteiger partial charge is 0.506 e. The van der Waals surface area contributed by atoms with E-state index >= 15 is 0 Å². The van der Waals surface area contributed by atoms with E-state index in [0.29, 0.717) is 24.6 Å². The number of nitrogens with zero attached hydrogens (tertiary/aromatic N) is 2. The zero-order chi connectivity index (χ0) is 32.4. The lowest BCUT2D eigenvalue weighted by Crippen LogP contribution is -2.43. The number of nitrogens with one attached hydrogen (secondary N) is 2. The Morgan fingerprint density at radius 1 is 1.13 bits per heavy atom. The third-order valence-corrected chi connectivity index (χ3v) is 15.2. The number of aromatic amines is 1. The lowest BCUT2D eigenvalue weighted by atomic mass is 9.94. The first-order valence-corrected chi connectivity index (χ1v) is 19.9. The number of hydrogen-bond donors (Lipinski definition) is 3. The smallest absolute Gasteiger partial charge is 0.308 e. The number of H-pyrrole nitrogens is 1. The molecule has 4 aromatic rings. The van der Waals surface area contributed by atoms with Gasteiger partial charge >= 0.3 is 4.87 Å². The summed E-state index contributed by atoms with van der Waals surface area (Å²) in [5.74, 6) is 0.0414. The van der Waals surface area contributed by atoms with Crippen LogP contribution in [-0.4, -0.2) is 54.1 Å². The standard InChI is InChI=1S/C35H49N4O4SSi/c1-35(2,3)45(5,6)43-30(26-14-17-29(40)33-27(26)15-18-32(41)37-33)23-36-22-24-13-16-28-31(21-24)44-34(42)39(28)20-10-19-38(4)25-11-8-7-9-12-25/h7,13-18,21,25,30,36,40H,8-12,19-20,22-23H2,1-6H3,(H,37,41)/t30-/m0/s1. The number of benzene rings is 2. The van der Waals surface area contributed by atoms with Crippen molar-refractivity contribution in [3.8, 4) is 5.75 Å². The van der Waals surface area contributed by atoms with Crippen molar-refractivity contribution in [2.45, 2.75) is 96.2 Å². The highest BCUT2D eigenvalue weighted by atomic mass is 32.1. The molecular formula is C35H49N4O4SSi. The summed E-state index contributed by atoms with van der Waals surface area (Å²) in [5, 5.41) is 14.9. The molecule has 0 aliphatic heterocycles. The van der Waals surface area contributed by atoms with Gasteiger partial charge in [-0.2, -0.15) is 0 Å². The Morgan fingerprint density at radius 3 is 2.62 bits per heavy atom. The van der Waals surface area contributed by atoms with Crippen molar-refractivity contribution in [2.24, 2.45) is 0 Å². The van der Waals surface area contributed by atoms with Gasteiger partial charge in [0.25, 0.3) is 0 Å². The molecule has 45 heavy (non-hydrogen) atoms. The summed E-state index contributed by atoms with van der Waals surface area (Å²) in [5.41, 5.74) is 3.21. The average Bonchev–Trinajstić information content (AvgIpc) is 3.30. The van der Waals surface area contributed by atoms with Crippen LogP contribution in [0.1, 0.15) is 70.1 Å². The summed E-state index contributed by atoms with van der Waals surface area (Å²) in [6.07, 6.45) is 7.97. The number of phenolic OH excluding ortho intramolecular Hbond substituents is 1. The van der Waals surface area contributed by atoms with E-state index in [1.165, 1.54) is 43.1 Å². The third kappa shape index (κ3) is 7.80. The molecule has 0 saturated heterocycles. The highest BCUT2D eigenvalue weighted by Crippen LogP contribution is 2.41. The number of aromatic hydroxyl groups is 1. The maximum Gasteiger partial charge on any atom is 0.308 e. The van der Waals surface area contributed by atoms with Gasteiger partial charge in [0, 0.05) is 37.1 Å². The highest BCUT2D eigenvalue weighted by Gasteiger charge is 2.39. The number of phenols is 1. The molecule has 0 unspecified atom stereocenters. The summed E-state index contributed by atoms with van der Waals surface area (Å²) in [6, 6.07) is 13.7. The maximum absolute atomic E-state index is 12.9. The molecular weight excluding hydrogens is 601 g/mol.